The van der Waals surface area contributed by atoms with Gasteiger partial charge in [-0.25, -0.2) is 9.97 Å². The number of anilines is 1. The zero-order valence-corrected chi connectivity index (χ0v) is 14.4. The van der Waals surface area contributed by atoms with E-state index in [1.54, 1.807) is 0 Å². The molecule has 0 amide bonds. The number of hydrogen-bond acceptors (Lipinski definition) is 3. The highest BCUT2D eigenvalue weighted by molar-refractivity contribution is 9.10. The van der Waals surface area contributed by atoms with E-state index in [4.69, 9.17) is 0 Å². The fraction of sp³-hybridized carbons (Fsp3) is 0.733. The summed E-state index contributed by atoms with van der Waals surface area (Å²) in [4.78, 5) is 11.2. The molecule has 0 N–H and O–H groups in total. The van der Waals surface area contributed by atoms with Crippen LogP contribution in [-0.4, -0.2) is 23.1 Å². The van der Waals surface area contributed by atoms with Gasteiger partial charge in [-0.15, -0.1) is 0 Å². The van der Waals surface area contributed by atoms with Crippen LogP contribution in [-0.2, 0) is 0 Å². The maximum absolute atomic E-state index is 4.58. The first-order valence-corrected chi connectivity index (χ1v) is 7.94. The van der Waals surface area contributed by atoms with Crippen molar-refractivity contribution in [2.75, 3.05) is 18.0 Å². The van der Waals surface area contributed by atoms with Gasteiger partial charge >= 0.3 is 0 Å². The Morgan fingerprint density at radius 1 is 1.05 bits per heavy atom. The molecule has 0 atom stereocenters. The first kappa shape index (κ1) is 16.4. The minimum absolute atomic E-state index is 0.716. The molecule has 1 rings (SSSR count). The number of aromatic nitrogens is 2. The summed E-state index contributed by atoms with van der Waals surface area (Å²) in [5.74, 6) is 3.30. The fourth-order valence-corrected chi connectivity index (χ4v) is 2.31. The predicted molar refractivity (Wildman–Crippen MR) is 85.6 cm³/mol. The third-order valence-corrected chi connectivity index (χ3v) is 3.48. The Morgan fingerprint density at radius 2 is 1.58 bits per heavy atom. The van der Waals surface area contributed by atoms with E-state index in [0.29, 0.717) is 11.8 Å². The molecule has 0 saturated heterocycles. The van der Waals surface area contributed by atoms with Crippen LogP contribution in [0, 0.1) is 18.8 Å². The van der Waals surface area contributed by atoms with Crippen molar-refractivity contribution in [1.82, 2.24) is 9.97 Å². The number of aryl methyl sites for hydroxylation is 1. The molecule has 0 aliphatic heterocycles. The van der Waals surface area contributed by atoms with E-state index in [2.05, 4.69) is 58.5 Å². The zero-order valence-electron chi connectivity index (χ0n) is 12.8. The van der Waals surface area contributed by atoms with Crippen molar-refractivity contribution < 1.29 is 0 Å². The van der Waals surface area contributed by atoms with Crippen LogP contribution in [0.1, 0.15) is 46.4 Å². The molecular formula is C15H26BrN3. The molecule has 0 aliphatic rings. The van der Waals surface area contributed by atoms with Crippen LogP contribution in [0.4, 0.5) is 5.82 Å². The van der Waals surface area contributed by atoms with Crippen molar-refractivity contribution in [3.8, 4) is 0 Å². The van der Waals surface area contributed by atoms with Gasteiger partial charge in [0.25, 0.3) is 0 Å². The Bertz CT molecular complexity index is 359. The minimum Gasteiger partial charge on any atom is -0.356 e. The van der Waals surface area contributed by atoms with Crippen LogP contribution in [0.25, 0.3) is 0 Å². The Labute approximate surface area is 126 Å². The third-order valence-electron chi connectivity index (χ3n) is 3.07. The van der Waals surface area contributed by atoms with E-state index < -0.39 is 0 Å². The summed E-state index contributed by atoms with van der Waals surface area (Å²) in [6, 6.07) is 2.02. The predicted octanol–water partition coefficient (Wildman–Crippen LogP) is 4.45. The van der Waals surface area contributed by atoms with Gasteiger partial charge in [-0.1, -0.05) is 27.7 Å². The van der Waals surface area contributed by atoms with Gasteiger partial charge in [-0.3, -0.25) is 0 Å². The van der Waals surface area contributed by atoms with Crippen molar-refractivity contribution in [3.63, 3.8) is 0 Å². The monoisotopic (exact) mass is 327 g/mol. The summed E-state index contributed by atoms with van der Waals surface area (Å²) in [5, 5.41) is 0. The van der Waals surface area contributed by atoms with Crippen LogP contribution in [0.15, 0.2) is 10.7 Å². The van der Waals surface area contributed by atoms with Crippen LogP contribution < -0.4 is 4.90 Å². The summed E-state index contributed by atoms with van der Waals surface area (Å²) in [6.45, 7) is 13.1. The lowest BCUT2D eigenvalue weighted by Crippen LogP contribution is -2.28. The standard InChI is InChI=1S/C15H26BrN3/c1-11(2)6-8-19(9-7-12(3)4)15-10-14(16)17-13(5)18-15/h10-12H,6-9H2,1-5H3. The van der Waals surface area contributed by atoms with Crippen molar-refractivity contribution in [2.24, 2.45) is 11.8 Å². The van der Waals surface area contributed by atoms with Crippen molar-refractivity contribution in [2.45, 2.75) is 47.5 Å². The molecule has 0 spiro atoms. The molecule has 1 aromatic heterocycles. The Hall–Kier alpha value is -0.640. The first-order valence-electron chi connectivity index (χ1n) is 7.14. The summed E-state index contributed by atoms with van der Waals surface area (Å²) in [7, 11) is 0. The third kappa shape index (κ3) is 6.37. The smallest absolute Gasteiger partial charge is 0.133 e. The van der Waals surface area contributed by atoms with Gasteiger partial charge in [0.2, 0.25) is 0 Å². The van der Waals surface area contributed by atoms with Gasteiger partial charge in [0, 0.05) is 19.2 Å². The molecule has 3 nitrogen and oxygen atoms in total. The van der Waals surface area contributed by atoms with E-state index in [1.165, 1.54) is 12.8 Å². The quantitative estimate of drug-likeness (QED) is 0.693. The Kier molecular flexibility index (Phi) is 6.76. The molecule has 4 heteroatoms. The largest absolute Gasteiger partial charge is 0.356 e. The number of rotatable bonds is 7. The van der Waals surface area contributed by atoms with Crippen LogP contribution in [0.5, 0.6) is 0 Å². The van der Waals surface area contributed by atoms with Crippen molar-refractivity contribution >= 4 is 21.7 Å². The molecule has 108 valence electrons. The van der Waals surface area contributed by atoms with Gasteiger partial charge < -0.3 is 4.90 Å². The fourth-order valence-electron chi connectivity index (χ4n) is 1.85. The lowest BCUT2D eigenvalue weighted by Gasteiger charge is -2.25. The zero-order chi connectivity index (χ0) is 14.4. The van der Waals surface area contributed by atoms with E-state index in [9.17, 15) is 0 Å². The Morgan fingerprint density at radius 3 is 2.00 bits per heavy atom. The van der Waals surface area contributed by atoms with Crippen LogP contribution in [0.2, 0.25) is 0 Å². The summed E-state index contributed by atoms with van der Waals surface area (Å²) in [5.41, 5.74) is 0. The van der Waals surface area contributed by atoms with Crippen LogP contribution in [0.3, 0.4) is 0 Å². The van der Waals surface area contributed by atoms with Gasteiger partial charge in [0.15, 0.2) is 0 Å². The van der Waals surface area contributed by atoms with E-state index in [-0.39, 0.29) is 0 Å². The second kappa shape index (κ2) is 7.83. The van der Waals surface area contributed by atoms with Crippen molar-refractivity contribution in [3.05, 3.63) is 16.5 Å². The highest BCUT2D eigenvalue weighted by atomic mass is 79.9. The molecule has 1 heterocycles. The summed E-state index contributed by atoms with van der Waals surface area (Å²) in [6.07, 6.45) is 2.39. The van der Waals surface area contributed by atoms with E-state index >= 15 is 0 Å². The molecular weight excluding hydrogens is 302 g/mol. The summed E-state index contributed by atoms with van der Waals surface area (Å²) < 4.78 is 0.870. The highest BCUT2D eigenvalue weighted by Crippen LogP contribution is 2.19. The molecule has 19 heavy (non-hydrogen) atoms. The molecule has 0 aliphatic carbocycles. The molecule has 1 aromatic rings. The second-order valence-electron chi connectivity index (χ2n) is 5.95. The lowest BCUT2D eigenvalue weighted by atomic mass is 10.1. The summed E-state index contributed by atoms with van der Waals surface area (Å²) >= 11 is 3.46. The Balaban J connectivity index is 2.80. The normalized spacial score (nSPS) is 11.4. The topological polar surface area (TPSA) is 29.0 Å². The number of nitrogens with zero attached hydrogens (tertiary/aromatic N) is 3. The van der Waals surface area contributed by atoms with Gasteiger partial charge in [-0.2, -0.15) is 0 Å². The highest BCUT2D eigenvalue weighted by Gasteiger charge is 2.11. The minimum atomic E-state index is 0.716. The average molecular weight is 328 g/mol. The van der Waals surface area contributed by atoms with E-state index in [0.717, 1.165) is 29.3 Å². The lowest BCUT2D eigenvalue weighted by molar-refractivity contribution is 0.532. The molecule has 0 fully saturated rings. The van der Waals surface area contributed by atoms with Gasteiger partial charge in [0.1, 0.15) is 16.2 Å². The number of hydrogen-bond donors (Lipinski definition) is 0. The number of halogens is 1. The first-order chi connectivity index (χ1) is 8.88. The average Bonchev–Trinajstić information content (AvgIpc) is 2.26. The van der Waals surface area contributed by atoms with Gasteiger partial charge in [0.05, 0.1) is 0 Å². The van der Waals surface area contributed by atoms with Crippen molar-refractivity contribution in [1.29, 1.82) is 0 Å². The molecule has 0 aromatic carbocycles. The molecule has 0 bridgehead atoms. The van der Waals surface area contributed by atoms with Crippen LogP contribution >= 0.6 is 15.9 Å². The molecule has 0 saturated carbocycles. The van der Waals surface area contributed by atoms with Gasteiger partial charge in [-0.05, 0) is 47.5 Å². The second-order valence-corrected chi connectivity index (χ2v) is 6.76. The SMILES string of the molecule is Cc1nc(Br)cc(N(CCC(C)C)CCC(C)C)n1. The maximum atomic E-state index is 4.58. The van der Waals surface area contributed by atoms with E-state index in [1.807, 2.05) is 13.0 Å². The molecule has 0 unspecified atom stereocenters. The maximum Gasteiger partial charge on any atom is 0.133 e. The molecule has 0 radical (unpaired) electrons.